The maximum absolute atomic E-state index is 12.8. The fourth-order valence-corrected chi connectivity index (χ4v) is 3.70. The zero-order chi connectivity index (χ0) is 15.5. The first kappa shape index (κ1) is 15.2. The van der Waals surface area contributed by atoms with Crippen molar-refractivity contribution in [3.8, 4) is 0 Å². The van der Waals surface area contributed by atoms with E-state index in [1.54, 1.807) is 0 Å². The molecule has 0 radical (unpaired) electrons. The number of morpholine rings is 1. The van der Waals surface area contributed by atoms with Crippen molar-refractivity contribution < 1.29 is 9.53 Å². The van der Waals surface area contributed by atoms with E-state index in [-0.39, 0.29) is 12.0 Å². The van der Waals surface area contributed by atoms with Gasteiger partial charge in [-0.15, -0.1) is 11.3 Å². The molecule has 1 aromatic carbocycles. The molecule has 1 amide bonds. The molecule has 116 valence electrons. The van der Waals surface area contributed by atoms with E-state index in [1.807, 2.05) is 49.1 Å². The number of aromatic nitrogens is 1. The number of nitrogens with zero attached hydrogens (tertiary/aromatic N) is 2. The highest BCUT2D eigenvalue weighted by molar-refractivity contribution is 7.13. The molecule has 1 aliphatic heterocycles. The second kappa shape index (κ2) is 6.58. The molecule has 3 rings (SSSR count). The minimum atomic E-state index is -0.0435. The quantitative estimate of drug-likeness (QED) is 0.873. The van der Waals surface area contributed by atoms with Crippen LogP contribution >= 0.6 is 11.3 Å². The van der Waals surface area contributed by atoms with Crippen molar-refractivity contribution >= 4 is 17.2 Å². The summed E-state index contributed by atoms with van der Waals surface area (Å²) in [6.45, 7) is 5.81. The summed E-state index contributed by atoms with van der Waals surface area (Å²) in [6, 6.07) is 10.1. The molecule has 4 nitrogen and oxygen atoms in total. The molecule has 0 saturated carbocycles. The largest absolute Gasteiger partial charge is 0.370 e. The van der Waals surface area contributed by atoms with E-state index >= 15 is 0 Å². The smallest absolute Gasteiger partial charge is 0.266 e. The Balaban J connectivity index is 1.78. The summed E-state index contributed by atoms with van der Waals surface area (Å²) in [6.07, 6.45) is 0.746. The average Bonchev–Trinajstić information content (AvgIpc) is 2.96. The Morgan fingerprint density at radius 3 is 2.91 bits per heavy atom. The molecule has 1 aliphatic rings. The van der Waals surface area contributed by atoms with Crippen LogP contribution in [0.15, 0.2) is 30.3 Å². The van der Waals surface area contributed by atoms with Gasteiger partial charge in [-0.1, -0.05) is 37.3 Å². The molecule has 1 fully saturated rings. The number of hydrogen-bond acceptors (Lipinski definition) is 4. The Labute approximate surface area is 134 Å². The van der Waals surface area contributed by atoms with Gasteiger partial charge in [-0.2, -0.15) is 0 Å². The van der Waals surface area contributed by atoms with Gasteiger partial charge < -0.3 is 9.64 Å². The minimum Gasteiger partial charge on any atom is -0.370 e. The van der Waals surface area contributed by atoms with Gasteiger partial charge in [0.05, 0.1) is 23.9 Å². The van der Waals surface area contributed by atoms with Crippen LogP contribution in [-0.4, -0.2) is 35.5 Å². The van der Waals surface area contributed by atoms with E-state index in [9.17, 15) is 4.79 Å². The van der Waals surface area contributed by atoms with Gasteiger partial charge in [0.1, 0.15) is 11.0 Å². The van der Waals surface area contributed by atoms with Crippen molar-refractivity contribution in [2.45, 2.75) is 26.4 Å². The fourth-order valence-electron chi connectivity index (χ4n) is 2.72. The first-order chi connectivity index (χ1) is 10.7. The molecule has 2 aromatic rings. The van der Waals surface area contributed by atoms with Gasteiger partial charge in [-0.3, -0.25) is 4.79 Å². The molecule has 5 heteroatoms. The van der Waals surface area contributed by atoms with Crippen molar-refractivity contribution in [3.05, 3.63) is 51.5 Å². The van der Waals surface area contributed by atoms with Gasteiger partial charge in [-0.05, 0) is 18.9 Å². The Bertz CT molecular complexity index is 654. The number of ether oxygens (including phenoxy) is 1. The molecule has 1 atom stereocenters. The predicted molar refractivity (Wildman–Crippen MR) is 87.3 cm³/mol. The van der Waals surface area contributed by atoms with Crippen molar-refractivity contribution in [1.82, 2.24) is 9.88 Å². The predicted octanol–water partition coefficient (Wildman–Crippen LogP) is 3.23. The van der Waals surface area contributed by atoms with Gasteiger partial charge in [0.25, 0.3) is 5.91 Å². The number of amides is 1. The number of benzene rings is 1. The summed E-state index contributed by atoms with van der Waals surface area (Å²) in [5, 5.41) is 0.952. The Hall–Kier alpha value is -1.72. The van der Waals surface area contributed by atoms with Crippen molar-refractivity contribution in [2.24, 2.45) is 0 Å². The fraction of sp³-hybridized carbons (Fsp3) is 0.412. The van der Waals surface area contributed by atoms with E-state index in [4.69, 9.17) is 4.74 Å². The Morgan fingerprint density at radius 1 is 1.41 bits per heavy atom. The monoisotopic (exact) mass is 316 g/mol. The lowest BCUT2D eigenvalue weighted by Crippen LogP contribution is -2.42. The molecular formula is C17H20N2O2S. The minimum absolute atomic E-state index is 0.0435. The first-order valence-electron chi connectivity index (χ1n) is 7.61. The van der Waals surface area contributed by atoms with Gasteiger partial charge in [0, 0.05) is 6.54 Å². The standard InChI is InChI=1S/C17H20N2O2S/c1-3-14-16(22-12(2)18-14)17(20)19-9-10-21-15(11-19)13-7-5-4-6-8-13/h4-8,15H,3,9-11H2,1-2H3/t15-/m1/s1. The van der Waals surface area contributed by atoms with Crippen LogP contribution in [0.3, 0.4) is 0 Å². The van der Waals surface area contributed by atoms with E-state index in [2.05, 4.69) is 4.98 Å². The zero-order valence-electron chi connectivity index (χ0n) is 12.9. The molecule has 0 spiro atoms. The van der Waals surface area contributed by atoms with Crippen LogP contribution in [0.4, 0.5) is 0 Å². The molecule has 0 aliphatic carbocycles. The third kappa shape index (κ3) is 3.05. The number of rotatable bonds is 3. The van der Waals surface area contributed by atoms with Crippen LogP contribution in [-0.2, 0) is 11.2 Å². The highest BCUT2D eigenvalue weighted by Crippen LogP contribution is 2.26. The number of aryl methyl sites for hydroxylation is 2. The van der Waals surface area contributed by atoms with Crippen LogP contribution in [0, 0.1) is 6.92 Å². The topological polar surface area (TPSA) is 42.4 Å². The van der Waals surface area contributed by atoms with Crippen molar-refractivity contribution in [1.29, 1.82) is 0 Å². The van der Waals surface area contributed by atoms with E-state index < -0.39 is 0 Å². The van der Waals surface area contributed by atoms with Crippen LogP contribution in [0.25, 0.3) is 0 Å². The van der Waals surface area contributed by atoms with Gasteiger partial charge in [0.15, 0.2) is 0 Å². The van der Waals surface area contributed by atoms with Crippen LogP contribution in [0.1, 0.15) is 39.0 Å². The first-order valence-corrected chi connectivity index (χ1v) is 8.42. The number of thiazole rings is 1. The third-order valence-corrected chi connectivity index (χ3v) is 4.86. The van der Waals surface area contributed by atoms with Crippen molar-refractivity contribution in [2.75, 3.05) is 19.7 Å². The highest BCUT2D eigenvalue weighted by atomic mass is 32.1. The average molecular weight is 316 g/mol. The van der Waals surface area contributed by atoms with E-state index in [0.29, 0.717) is 19.7 Å². The zero-order valence-corrected chi connectivity index (χ0v) is 13.7. The molecule has 2 heterocycles. The third-order valence-electron chi connectivity index (χ3n) is 3.86. The summed E-state index contributed by atoms with van der Waals surface area (Å²) >= 11 is 1.49. The summed E-state index contributed by atoms with van der Waals surface area (Å²) in [4.78, 5) is 20.0. The lowest BCUT2D eigenvalue weighted by atomic mass is 10.1. The van der Waals surface area contributed by atoms with Crippen LogP contribution < -0.4 is 0 Å². The van der Waals surface area contributed by atoms with E-state index in [0.717, 1.165) is 27.6 Å². The molecule has 1 aromatic heterocycles. The number of hydrogen-bond donors (Lipinski definition) is 0. The molecule has 0 unspecified atom stereocenters. The molecule has 0 N–H and O–H groups in total. The second-order valence-corrected chi connectivity index (χ2v) is 6.59. The second-order valence-electron chi connectivity index (χ2n) is 5.38. The van der Waals surface area contributed by atoms with E-state index in [1.165, 1.54) is 11.3 Å². The molecule has 1 saturated heterocycles. The Morgan fingerprint density at radius 2 is 2.18 bits per heavy atom. The molecule has 0 bridgehead atoms. The maximum atomic E-state index is 12.8. The Kier molecular flexibility index (Phi) is 4.55. The number of carbonyl (C=O) groups is 1. The molecular weight excluding hydrogens is 296 g/mol. The number of carbonyl (C=O) groups excluding carboxylic acids is 1. The molecule has 22 heavy (non-hydrogen) atoms. The van der Waals surface area contributed by atoms with Gasteiger partial charge in [-0.25, -0.2) is 4.98 Å². The lowest BCUT2D eigenvalue weighted by Gasteiger charge is -2.33. The SMILES string of the molecule is CCc1nc(C)sc1C(=O)N1CCO[C@@H](c2ccccc2)C1. The van der Waals surface area contributed by atoms with Crippen LogP contribution in [0.5, 0.6) is 0 Å². The lowest BCUT2D eigenvalue weighted by molar-refractivity contribution is -0.0227. The normalized spacial score (nSPS) is 18.5. The van der Waals surface area contributed by atoms with Gasteiger partial charge >= 0.3 is 0 Å². The summed E-state index contributed by atoms with van der Waals surface area (Å²) in [5.74, 6) is 0.0895. The summed E-state index contributed by atoms with van der Waals surface area (Å²) in [5.41, 5.74) is 2.03. The van der Waals surface area contributed by atoms with Crippen LogP contribution in [0.2, 0.25) is 0 Å². The van der Waals surface area contributed by atoms with Crippen molar-refractivity contribution in [3.63, 3.8) is 0 Å². The van der Waals surface area contributed by atoms with Gasteiger partial charge in [0.2, 0.25) is 0 Å². The highest BCUT2D eigenvalue weighted by Gasteiger charge is 2.28. The summed E-state index contributed by atoms with van der Waals surface area (Å²) < 4.78 is 5.84. The maximum Gasteiger partial charge on any atom is 0.266 e. The summed E-state index contributed by atoms with van der Waals surface area (Å²) in [7, 11) is 0.